The lowest BCUT2D eigenvalue weighted by molar-refractivity contribution is -0.121. The first-order chi connectivity index (χ1) is 7.22. The van der Waals surface area contributed by atoms with Crippen LogP contribution >= 0.6 is 11.3 Å². The van der Waals surface area contributed by atoms with E-state index in [0.717, 1.165) is 19.3 Å². The molecule has 84 valence electrons. The molecular formula is C12H19NOS. The first-order valence-corrected chi connectivity index (χ1v) is 6.47. The van der Waals surface area contributed by atoms with Crippen LogP contribution in [0.2, 0.25) is 0 Å². The van der Waals surface area contributed by atoms with Crippen molar-refractivity contribution >= 4 is 17.2 Å². The molecule has 0 aliphatic carbocycles. The van der Waals surface area contributed by atoms with E-state index < -0.39 is 0 Å². The molecule has 1 heterocycles. The minimum absolute atomic E-state index is 0.180. The SMILES string of the molecule is CCCCC(=O)N[C@H](C)Cc1ccsc1. The normalized spacial score (nSPS) is 12.4. The molecular weight excluding hydrogens is 206 g/mol. The number of hydrogen-bond acceptors (Lipinski definition) is 2. The van der Waals surface area contributed by atoms with Gasteiger partial charge in [-0.05, 0) is 42.2 Å². The lowest BCUT2D eigenvalue weighted by Crippen LogP contribution is -2.33. The Kier molecular flexibility index (Phi) is 5.40. The molecule has 0 aliphatic rings. The Bertz CT molecular complexity index is 282. The highest BCUT2D eigenvalue weighted by molar-refractivity contribution is 7.07. The van der Waals surface area contributed by atoms with Gasteiger partial charge in [-0.15, -0.1) is 0 Å². The van der Waals surface area contributed by atoms with Gasteiger partial charge in [-0.3, -0.25) is 4.79 Å². The summed E-state index contributed by atoms with van der Waals surface area (Å²) in [7, 11) is 0. The Labute approximate surface area is 95.7 Å². The highest BCUT2D eigenvalue weighted by Gasteiger charge is 2.07. The number of nitrogens with one attached hydrogen (secondary N) is 1. The van der Waals surface area contributed by atoms with E-state index in [1.807, 2.05) is 0 Å². The average Bonchev–Trinajstić information content (AvgIpc) is 2.67. The van der Waals surface area contributed by atoms with Gasteiger partial charge in [-0.1, -0.05) is 13.3 Å². The number of carbonyl (C=O) groups is 1. The standard InChI is InChI=1S/C12H19NOS/c1-3-4-5-12(14)13-10(2)8-11-6-7-15-9-11/h6-7,9-10H,3-5,8H2,1-2H3,(H,13,14)/t10-/m1/s1. The Morgan fingerprint density at radius 2 is 2.40 bits per heavy atom. The Morgan fingerprint density at radius 1 is 1.60 bits per heavy atom. The smallest absolute Gasteiger partial charge is 0.220 e. The van der Waals surface area contributed by atoms with Crippen molar-refractivity contribution in [2.45, 2.75) is 45.6 Å². The zero-order chi connectivity index (χ0) is 11.1. The Hall–Kier alpha value is -0.830. The Morgan fingerprint density at radius 3 is 3.00 bits per heavy atom. The molecule has 2 nitrogen and oxygen atoms in total. The second kappa shape index (κ2) is 6.62. The molecule has 0 saturated carbocycles. The maximum Gasteiger partial charge on any atom is 0.220 e. The van der Waals surface area contributed by atoms with E-state index in [2.05, 4.69) is 36.0 Å². The molecule has 1 aromatic heterocycles. The fraction of sp³-hybridized carbons (Fsp3) is 0.583. The van der Waals surface area contributed by atoms with Crippen LogP contribution in [-0.2, 0) is 11.2 Å². The van der Waals surface area contributed by atoms with Crippen molar-refractivity contribution < 1.29 is 4.79 Å². The molecule has 1 aromatic rings. The molecule has 0 spiro atoms. The lowest BCUT2D eigenvalue weighted by atomic mass is 10.1. The highest BCUT2D eigenvalue weighted by Crippen LogP contribution is 2.08. The monoisotopic (exact) mass is 225 g/mol. The van der Waals surface area contributed by atoms with Crippen LogP contribution in [0.4, 0.5) is 0 Å². The topological polar surface area (TPSA) is 29.1 Å². The molecule has 0 saturated heterocycles. The molecule has 1 N–H and O–H groups in total. The summed E-state index contributed by atoms with van der Waals surface area (Å²) in [6, 6.07) is 2.35. The van der Waals surface area contributed by atoms with Gasteiger partial charge in [-0.25, -0.2) is 0 Å². The number of thiophene rings is 1. The van der Waals surface area contributed by atoms with Gasteiger partial charge in [0.2, 0.25) is 5.91 Å². The third-order valence-corrected chi connectivity index (χ3v) is 3.02. The zero-order valence-corrected chi connectivity index (χ0v) is 10.3. The summed E-state index contributed by atoms with van der Waals surface area (Å²) in [4.78, 5) is 11.4. The zero-order valence-electron chi connectivity index (χ0n) is 9.45. The van der Waals surface area contributed by atoms with Gasteiger partial charge in [0.15, 0.2) is 0 Å². The molecule has 15 heavy (non-hydrogen) atoms. The molecule has 0 unspecified atom stereocenters. The molecule has 1 amide bonds. The molecule has 0 fully saturated rings. The number of rotatable bonds is 6. The van der Waals surface area contributed by atoms with E-state index in [1.54, 1.807) is 11.3 Å². The van der Waals surface area contributed by atoms with E-state index in [9.17, 15) is 4.79 Å². The van der Waals surface area contributed by atoms with Gasteiger partial charge >= 0.3 is 0 Å². The van der Waals surface area contributed by atoms with Crippen LogP contribution in [-0.4, -0.2) is 11.9 Å². The molecule has 1 rings (SSSR count). The van der Waals surface area contributed by atoms with Crippen LogP contribution in [0.1, 0.15) is 38.7 Å². The highest BCUT2D eigenvalue weighted by atomic mass is 32.1. The van der Waals surface area contributed by atoms with Crippen LogP contribution in [0.3, 0.4) is 0 Å². The summed E-state index contributed by atoms with van der Waals surface area (Å²) < 4.78 is 0. The summed E-state index contributed by atoms with van der Waals surface area (Å²) in [6.45, 7) is 4.16. The van der Waals surface area contributed by atoms with Gasteiger partial charge in [0.25, 0.3) is 0 Å². The summed E-state index contributed by atoms with van der Waals surface area (Å²) in [6.07, 6.45) is 3.65. The summed E-state index contributed by atoms with van der Waals surface area (Å²) >= 11 is 1.70. The number of unbranched alkanes of at least 4 members (excludes halogenated alkanes) is 1. The largest absolute Gasteiger partial charge is 0.353 e. The van der Waals surface area contributed by atoms with Gasteiger partial charge in [0, 0.05) is 12.5 Å². The second-order valence-electron chi connectivity index (χ2n) is 3.91. The van der Waals surface area contributed by atoms with E-state index in [-0.39, 0.29) is 11.9 Å². The number of carbonyl (C=O) groups excluding carboxylic acids is 1. The van der Waals surface area contributed by atoms with Crippen LogP contribution < -0.4 is 5.32 Å². The van der Waals surface area contributed by atoms with Crippen molar-refractivity contribution in [2.75, 3.05) is 0 Å². The van der Waals surface area contributed by atoms with Crippen LogP contribution in [0, 0.1) is 0 Å². The third kappa shape index (κ3) is 4.98. The van der Waals surface area contributed by atoms with Crippen molar-refractivity contribution in [3.05, 3.63) is 22.4 Å². The molecule has 0 aliphatic heterocycles. The number of hydrogen-bond donors (Lipinski definition) is 1. The van der Waals surface area contributed by atoms with Gasteiger partial charge in [0.05, 0.1) is 0 Å². The van der Waals surface area contributed by atoms with E-state index in [0.29, 0.717) is 6.42 Å². The maximum absolute atomic E-state index is 11.4. The first kappa shape index (κ1) is 12.2. The number of amides is 1. The minimum atomic E-state index is 0.180. The van der Waals surface area contributed by atoms with Gasteiger partial charge in [-0.2, -0.15) is 11.3 Å². The van der Waals surface area contributed by atoms with Crippen molar-refractivity contribution in [3.8, 4) is 0 Å². The summed E-state index contributed by atoms with van der Waals surface area (Å²) in [5, 5.41) is 7.22. The fourth-order valence-corrected chi connectivity index (χ4v) is 2.18. The van der Waals surface area contributed by atoms with Crippen LogP contribution in [0.15, 0.2) is 16.8 Å². The maximum atomic E-state index is 11.4. The molecule has 0 aromatic carbocycles. The molecule has 0 bridgehead atoms. The summed E-state index contributed by atoms with van der Waals surface area (Å²) in [5.41, 5.74) is 1.31. The Balaban J connectivity index is 2.23. The quantitative estimate of drug-likeness (QED) is 0.792. The lowest BCUT2D eigenvalue weighted by Gasteiger charge is -2.12. The molecule has 1 atom stereocenters. The third-order valence-electron chi connectivity index (χ3n) is 2.29. The predicted molar refractivity (Wildman–Crippen MR) is 65.2 cm³/mol. The van der Waals surface area contributed by atoms with Crippen molar-refractivity contribution in [2.24, 2.45) is 0 Å². The van der Waals surface area contributed by atoms with Crippen LogP contribution in [0.25, 0.3) is 0 Å². The minimum Gasteiger partial charge on any atom is -0.353 e. The van der Waals surface area contributed by atoms with Crippen molar-refractivity contribution in [1.29, 1.82) is 0 Å². The predicted octanol–water partition coefficient (Wildman–Crippen LogP) is 2.99. The molecule has 0 radical (unpaired) electrons. The molecule has 3 heteroatoms. The van der Waals surface area contributed by atoms with Crippen LogP contribution in [0.5, 0.6) is 0 Å². The van der Waals surface area contributed by atoms with Gasteiger partial charge in [0.1, 0.15) is 0 Å². The first-order valence-electron chi connectivity index (χ1n) is 5.52. The van der Waals surface area contributed by atoms with Crippen molar-refractivity contribution in [1.82, 2.24) is 5.32 Å². The average molecular weight is 225 g/mol. The van der Waals surface area contributed by atoms with E-state index >= 15 is 0 Å². The van der Waals surface area contributed by atoms with Gasteiger partial charge < -0.3 is 5.32 Å². The summed E-state index contributed by atoms with van der Waals surface area (Å²) in [5.74, 6) is 0.180. The second-order valence-corrected chi connectivity index (χ2v) is 4.69. The van der Waals surface area contributed by atoms with E-state index in [1.165, 1.54) is 5.56 Å². The van der Waals surface area contributed by atoms with E-state index in [4.69, 9.17) is 0 Å². The fourth-order valence-electron chi connectivity index (χ4n) is 1.50. The van der Waals surface area contributed by atoms with Crippen molar-refractivity contribution in [3.63, 3.8) is 0 Å².